The summed E-state index contributed by atoms with van der Waals surface area (Å²) in [4.78, 5) is 23.4. The van der Waals surface area contributed by atoms with Crippen LogP contribution in [0.1, 0.15) is 23.7 Å². The third-order valence-electron chi connectivity index (χ3n) is 2.92. The van der Waals surface area contributed by atoms with Gasteiger partial charge in [-0.05, 0) is 41.4 Å². The summed E-state index contributed by atoms with van der Waals surface area (Å²) in [6.45, 7) is 1.78. The molecule has 22 heavy (non-hydrogen) atoms. The van der Waals surface area contributed by atoms with Crippen molar-refractivity contribution in [1.82, 2.24) is 5.32 Å². The highest BCUT2D eigenvalue weighted by Gasteiger charge is 2.21. The molecule has 0 saturated carbocycles. The second kappa shape index (κ2) is 8.43. The number of rotatable bonds is 7. The van der Waals surface area contributed by atoms with Crippen LogP contribution in [0.5, 0.6) is 11.5 Å². The van der Waals surface area contributed by atoms with Crippen molar-refractivity contribution in [3.8, 4) is 11.5 Å². The van der Waals surface area contributed by atoms with Gasteiger partial charge in [0.1, 0.15) is 22.0 Å². The van der Waals surface area contributed by atoms with Crippen molar-refractivity contribution in [3.05, 3.63) is 34.3 Å². The van der Waals surface area contributed by atoms with Gasteiger partial charge in [-0.1, -0.05) is 12.2 Å². The van der Waals surface area contributed by atoms with E-state index in [2.05, 4.69) is 21.2 Å². The lowest BCUT2D eigenvalue weighted by Crippen LogP contribution is -2.40. The summed E-state index contributed by atoms with van der Waals surface area (Å²) in [5, 5.41) is 11.6. The first-order chi connectivity index (χ1) is 10.4. The Bertz CT molecular complexity index is 560. The molecule has 1 rings (SSSR count). The van der Waals surface area contributed by atoms with Crippen LogP contribution in [-0.4, -0.2) is 37.2 Å². The molecular formula is C15H18BrNO5. The van der Waals surface area contributed by atoms with Crippen molar-refractivity contribution in [2.24, 2.45) is 0 Å². The number of carbonyl (C=O) groups excluding carboxylic acids is 1. The molecule has 0 radical (unpaired) electrons. The Balaban J connectivity index is 3.03. The van der Waals surface area contributed by atoms with Crippen LogP contribution in [0.4, 0.5) is 0 Å². The second-order valence-electron chi connectivity index (χ2n) is 4.36. The highest BCUT2D eigenvalue weighted by atomic mass is 79.9. The molecule has 2 N–H and O–H groups in total. The van der Waals surface area contributed by atoms with Gasteiger partial charge in [0.15, 0.2) is 0 Å². The van der Waals surface area contributed by atoms with Crippen molar-refractivity contribution in [3.63, 3.8) is 0 Å². The molecule has 0 aromatic heterocycles. The van der Waals surface area contributed by atoms with Gasteiger partial charge in [-0.3, -0.25) is 4.79 Å². The molecule has 0 spiro atoms. The topological polar surface area (TPSA) is 84.9 Å². The molecule has 0 fully saturated rings. The standard InChI is InChI=1S/C15H18BrNO5/c1-4-5-6-10(15(19)20)17-14(18)9-7-11(21-2)13(16)12(8-9)22-3/h4-5,7-8,10H,6H2,1-3H3,(H,17,18)(H,19,20)/b5-4+. The summed E-state index contributed by atoms with van der Waals surface area (Å²) < 4.78 is 10.9. The minimum absolute atomic E-state index is 0.211. The Morgan fingerprint density at radius 3 is 2.27 bits per heavy atom. The van der Waals surface area contributed by atoms with Gasteiger partial charge in [0.25, 0.3) is 5.91 Å². The first-order valence-electron chi connectivity index (χ1n) is 6.50. The van der Waals surface area contributed by atoms with Gasteiger partial charge in [0, 0.05) is 5.56 Å². The second-order valence-corrected chi connectivity index (χ2v) is 5.16. The predicted molar refractivity (Wildman–Crippen MR) is 85.6 cm³/mol. The fourth-order valence-corrected chi connectivity index (χ4v) is 2.29. The summed E-state index contributed by atoms with van der Waals surface area (Å²) in [6, 6.07) is 2.02. The molecule has 1 aromatic carbocycles. The molecule has 120 valence electrons. The molecule has 7 heteroatoms. The van der Waals surface area contributed by atoms with Gasteiger partial charge in [0.2, 0.25) is 0 Å². The van der Waals surface area contributed by atoms with E-state index in [-0.39, 0.29) is 12.0 Å². The number of carboxylic acid groups (broad SMARTS) is 1. The van der Waals surface area contributed by atoms with Gasteiger partial charge in [-0.15, -0.1) is 0 Å². The van der Waals surface area contributed by atoms with Crippen molar-refractivity contribution in [2.45, 2.75) is 19.4 Å². The lowest BCUT2D eigenvalue weighted by atomic mass is 10.1. The van der Waals surface area contributed by atoms with E-state index in [1.165, 1.54) is 26.4 Å². The van der Waals surface area contributed by atoms with Gasteiger partial charge < -0.3 is 19.9 Å². The van der Waals surface area contributed by atoms with Crippen LogP contribution in [0.15, 0.2) is 28.8 Å². The molecule has 0 aliphatic rings. The van der Waals surface area contributed by atoms with E-state index in [0.29, 0.717) is 16.0 Å². The maximum Gasteiger partial charge on any atom is 0.326 e. The fourth-order valence-electron chi connectivity index (χ4n) is 1.74. The zero-order chi connectivity index (χ0) is 16.7. The molecule has 1 atom stereocenters. The Labute approximate surface area is 137 Å². The summed E-state index contributed by atoms with van der Waals surface area (Å²) in [5.74, 6) is -0.766. The Hall–Kier alpha value is -2.02. The van der Waals surface area contributed by atoms with E-state index in [4.69, 9.17) is 14.6 Å². The highest BCUT2D eigenvalue weighted by molar-refractivity contribution is 9.10. The number of allylic oxidation sites excluding steroid dienone is 1. The molecule has 0 bridgehead atoms. The van der Waals surface area contributed by atoms with E-state index < -0.39 is 17.9 Å². The number of benzene rings is 1. The van der Waals surface area contributed by atoms with Gasteiger partial charge in [-0.25, -0.2) is 4.79 Å². The molecule has 0 aliphatic carbocycles. The number of methoxy groups -OCH3 is 2. The van der Waals surface area contributed by atoms with Crippen LogP contribution in [0.25, 0.3) is 0 Å². The molecule has 6 nitrogen and oxygen atoms in total. The SMILES string of the molecule is C/C=C/CC(NC(=O)c1cc(OC)c(Br)c(OC)c1)C(=O)O. The van der Waals surface area contributed by atoms with Gasteiger partial charge >= 0.3 is 5.97 Å². The van der Waals surface area contributed by atoms with Crippen molar-refractivity contribution >= 4 is 27.8 Å². The van der Waals surface area contributed by atoms with Crippen LogP contribution in [0.3, 0.4) is 0 Å². The van der Waals surface area contributed by atoms with E-state index >= 15 is 0 Å². The van der Waals surface area contributed by atoms with Crippen LogP contribution >= 0.6 is 15.9 Å². The molecule has 0 aliphatic heterocycles. The lowest BCUT2D eigenvalue weighted by molar-refractivity contribution is -0.139. The van der Waals surface area contributed by atoms with Crippen LogP contribution < -0.4 is 14.8 Å². The summed E-state index contributed by atoms with van der Waals surface area (Å²) in [5.41, 5.74) is 0.253. The number of aliphatic carboxylic acids is 1. The first-order valence-corrected chi connectivity index (χ1v) is 7.30. The zero-order valence-corrected chi connectivity index (χ0v) is 14.1. The number of amides is 1. The average molecular weight is 372 g/mol. The van der Waals surface area contributed by atoms with Crippen molar-refractivity contribution < 1.29 is 24.2 Å². The number of hydrogen-bond donors (Lipinski definition) is 2. The lowest BCUT2D eigenvalue weighted by Gasteiger charge is -2.15. The van der Waals surface area contributed by atoms with Crippen LogP contribution in [0.2, 0.25) is 0 Å². The van der Waals surface area contributed by atoms with Gasteiger partial charge in [0.05, 0.1) is 14.2 Å². The Morgan fingerprint density at radius 1 is 1.32 bits per heavy atom. The van der Waals surface area contributed by atoms with E-state index in [0.717, 1.165) is 0 Å². The zero-order valence-electron chi connectivity index (χ0n) is 12.6. The molecule has 1 amide bonds. The summed E-state index contributed by atoms with van der Waals surface area (Å²) in [7, 11) is 2.93. The van der Waals surface area contributed by atoms with Gasteiger partial charge in [-0.2, -0.15) is 0 Å². The van der Waals surface area contributed by atoms with E-state index in [1.807, 2.05) is 0 Å². The number of hydrogen-bond acceptors (Lipinski definition) is 4. The number of nitrogens with one attached hydrogen (secondary N) is 1. The van der Waals surface area contributed by atoms with Crippen molar-refractivity contribution in [1.29, 1.82) is 0 Å². The third kappa shape index (κ3) is 4.49. The minimum Gasteiger partial charge on any atom is -0.495 e. The quantitative estimate of drug-likeness (QED) is 0.719. The molecule has 0 heterocycles. The molecule has 0 saturated heterocycles. The number of carbonyl (C=O) groups is 2. The fraction of sp³-hybridized carbons (Fsp3) is 0.333. The minimum atomic E-state index is -1.09. The first kappa shape index (κ1) is 18.0. The number of ether oxygens (including phenoxy) is 2. The van der Waals surface area contributed by atoms with Crippen LogP contribution in [-0.2, 0) is 4.79 Å². The summed E-state index contributed by atoms with van der Waals surface area (Å²) >= 11 is 3.31. The number of halogens is 1. The maximum atomic E-state index is 12.2. The smallest absolute Gasteiger partial charge is 0.326 e. The molecule has 1 aromatic rings. The monoisotopic (exact) mass is 371 g/mol. The molecule has 1 unspecified atom stereocenters. The molecular weight excluding hydrogens is 354 g/mol. The van der Waals surface area contributed by atoms with E-state index in [1.54, 1.807) is 19.1 Å². The third-order valence-corrected chi connectivity index (χ3v) is 3.70. The highest BCUT2D eigenvalue weighted by Crippen LogP contribution is 2.35. The summed E-state index contributed by atoms with van der Waals surface area (Å²) in [6.07, 6.45) is 3.62. The van der Waals surface area contributed by atoms with E-state index in [9.17, 15) is 9.59 Å². The Morgan fingerprint density at radius 2 is 1.86 bits per heavy atom. The predicted octanol–water partition coefficient (Wildman–Crippen LogP) is 2.62. The average Bonchev–Trinajstić information content (AvgIpc) is 2.50. The van der Waals surface area contributed by atoms with Crippen molar-refractivity contribution in [2.75, 3.05) is 14.2 Å². The normalized spacial score (nSPS) is 12.0. The maximum absolute atomic E-state index is 12.2. The largest absolute Gasteiger partial charge is 0.495 e. The van der Waals surface area contributed by atoms with Crippen LogP contribution in [0, 0.1) is 0 Å². The Kier molecular flexibility index (Phi) is 6.91. The number of carboxylic acids is 1.